The lowest BCUT2D eigenvalue weighted by Gasteiger charge is -2.19. The molecule has 122 valence electrons. The Morgan fingerprint density at radius 2 is 1.79 bits per heavy atom. The number of aromatic nitrogens is 1. The van der Waals surface area contributed by atoms with Gasteiger partial charge in [-0.3, -0.25) is 4.79 Å². The molecule has 3 rings (SSSR count). The van der Waals surface area contributed by atoms with Crippen LogP contribution in [-0.2, 0) is 4.79 Å². The van der Waals surface area contributed by atoms with Crippen molar-refractivity contribution in [3.63, 3.8) is 0 Å². The van der Waals surface area contributed by atoms with E-state index in [1.807, 2.05) is 36.7 Å². The molecule has 1 N–H and O–H groups in total. The summed E-state index contributed by atoms with van der Waals surface area (Å²) in [6.45, 7) is 2.06. The molecular formula is C20H19ClN2O. The maximum Gasteiger partial charge on any atom is 0.226 e. The van der Waals surface area contributed by atoms with E-state index in [0.717, 1.165) is 5.56 Å². The molecule has 1 aromatic heterocycles. The number of nitrogens with one attached hydrogen (secondary N) is 1. The molecule has 1 heterocycles. The Hall–Kier alpha value is -2.52. The molecule has 3 nitrogen and oxygen atoms in total. The fraction of sp³-hybridized carbons (Fsp3) is 0.150. The van der Waals surface area contributed by atoms with Crippen LogP contribution in [0.4, 0.5) is 5.69 Å². The average Bonchev–Trinajstić information content (AvgIpc) is 3.08. The Balaban J connectivity index is 1.79. The minimum Gasteiger partial charge on any atom is -0.346 e. The van der Waals surface area contributed by atoms with Gasteiger partial charge >= 0.3 is 0 Å². The zero-order valence-electron chi connectivity index (χ0n) is 13.4. The number of halogens is 1. The number of hydrogen-bond donors (Lipinski definition) is 1. The van der Waals surface area contributed by atoms with Gasteiger partial charge in [0, 0.05) is 23.1 Å². The van der Waals surface area contributed by atoms with Crippen molar-refractivity contribution in [1.82, 2.24) is 4.57 Å². The van der Waals surface area contributed by atoms with Crippen molar-refractivity contribution in [2.45, 2.75) is 19.4 Å². The van der Waals surface area contributed by atoms with Crippen LogP contribution >= 0.6 is 11.6 Å². The third kappa shape index (κ3) is 4.06. The van der Waals surface area contributed by atoms with Gasteiger partial charge in [0.05, 0.1) is 12.5 Å². The van der Waals surface area contributed by atoms with Crippen LogP contribution in [0, 0.1) is 6.92 Å². The minimum atomic E-state index is -0.0449. The van der Waals surface area contributed by atoms with Gasteiger partial charge in [-0.1, -0.05) is 47.5 Å². The van der Waals surface area contributed by atoms with Gasteiger partial charge in [-0.15, -0.1) is 0 Å². The molecule has 1 unspecified atom stereocenters. The van der Waals surface area contributed by atoms with Crippen LogP contribution in [-0.4, -0.2) is 10.5 Å². The molecule has 2 aromatic carbocycles. The maximum absolute atomic E-state index is 12.5. The Kier molecular flexibility index (Phi) is 5.02. The second-order valence-corrected chi connectivity index (χ2v) is 6.26. The molecule has 4 heteroatoms. The first-order valence-corrected chi connectivity index (χ1v) is 8.24. The number of benzene rings is 2. The summed E-state index contributed by atoms with van der Waals surface area (Å²) in [6.07, 6.45) is 4.32. The zero-order chi connectivity index (χ0) is 16.9. The second-order valence-electron chi connectivity index (χ2n) is 5.82. The number of amides is 1. The molecule has 0 fully saturated rings. The lowest BCUT2D eigenvalue weighted by Crippen LogP contribution is -2.19. The number of nitrogens with zero attached hydrogens (tertiary/aromatic N) is 1. The van der Waals surface area contributed by atoms with Crippen molar-refractivity contribution in [3.8, 4) is 0 Å². The van der Waals surface area contributed by atoms with Crippen molar-refractivity contribution < 1.29 is 4.79 Å². The van der Waals surface area contributed by atoms with Crippen LogP contribution in [0.15, 0.2) is 73.1 Å². The summed E-state index contributed by atoms with van der Waals surface area (Å²) in [5.74, 6) is -0.0449. The van der Waals surface area contributed by atoms with Gasteiger partial charge in [-0.05, 0) is 42.8 Å². The van der Waals surface area contributed by atoms with Crippen LogP contribution in [0.5, 0.6) is 0 Å². The Bertz CT molecular complexity index is 810. The highest BCUT2D eigenvalue weighted by Gasteiger charge is 2.17. The van der Waals surface area contributed by atoms with E-state index in [1.54, 1.807) is 12.1 Å². The first kappa shape index (κ1) is 16.3. The van der Waals surface area contributed by atoms with E-state index < -0.39 is 0 Å². The van der Waals surface area contributed by atoms with Gasteiger partial charge in [0.15, 0.2) is 0 Å². The summed E-state index contributed by atoms with van der Waals surface area (Å²) in [5.41, 5.74) is 3.02. The van der Waals surface area contributed by atoms with E-state index in [-0.39, 0.29) is 11.9 Å². The third-order valence-electron chi connectivity index (χ3n) is 3.94. The van der Waals surface area contributed by atoms with E-state index in [0.29, 0.717) is 17.1 Å². The SMILES string of the molecule is Cc1ccc(C(CC(=O)Nc2cccc(Cl)c2)n2cccc2)cc1. The predicted molar refractivity (Wildman–Crippen MR) is 98.4 cm³/mol. The molecule has 0 aliphatic heterocycles. The molecule has 0 aliphatic carbocycles. The highest BCUT2D eigenvalue weighted by molar-refractivity contribution is 6.30. The van der Waals surface area contributed by atoms with Gasteiger partial charge in [-0.25, -0.2) is 0 Å². The molecule has 1 amide bonds. The normalized spacial score (nSPS) is 11.9. The second kappa shape index (κ2) is 7.37. The van der Waals surface area contributed by atoms with Crippen molar-refractivity contribution in [2.75, 3.05) is 5.32 Å². The number of aryl methyl sites for hydroxylation is 1. The summed E-state index contributed by atoms with van der Waals surface area (Å²) in [5, 5.41) is 3.52. The maximum atomic E-state index is 12.5. The van der Waals surface area contributed by atoms with Gasteiger partial charge in [-0.2, -0.15) is 0 Å². The van der Waals surface area contributed by atoms with Crippen molar-refractivity contribution in [2.24, 2.45) is 0 Å². The standard InChI is InChI=1S/C20H19ClN2O/c1-15-7-9-16(10-8-15)19(23-11-2-3-12-23)14-20(24)22-18-6-4-5-17(21)13-18/h2-13,19H,14H2,1H3,(H,22,24). The smallest absolute Gasteiger partial charge is 0.226 e. The summed E-state index contributed by atoms with van der Waals surface area (Å²) in [7, 11) is 0. The number of carbonyl (C=O) groups is 1. The van der Waals surface area contributed by atoms with Gasteiger partial charge < -0.3 is 9.88 Å². The average molecular weight is 339 g/mol. The van der Waals surface area contributed by atoms with E-state index >= 15 is 0 Å². The Morgan fingerprint density at radius 3 is 2.46 bits per heavy atom. The fourth-order valence-corrected chi connectivity index (χ4v) is 2.88. The molecule has 0 aliphatic rings. The Morgan fingerprint density at radius 1 is 1.08 bits per heavy atom. The zero-order valence-corrected chi connectivity index (χ0v) is 14.2. The number of anilines is 1. The highest BCUT2D eigenvalue weighted by atomic mass is 35.5. The van der Waals surface area contributed by atoms with E-state index in [2.05, 4.69) is 41.1 Å². The summed E-state index contributed by atoms with van der Waals surface area (Å²) < 4.78 is 2.06. The van der Waals surface area contributed by atoms with Crippen LogP contribution in [0.25, 0.3) is 0 Å². The Labute approximate surface area is 146 Å². The predicted octanol–water partition coefficient (Wildman–Crippen LogP) is 5.07. The highest BCUT2D eigenvalue weighted by Crippen LogP contribution is 2.24. The molecule has 0 saturated heterocycles. The summed E-state index contributed by atoms with van der Waals surface area (Å²) >= 11 is 5.97. The third-order valence-corrected chi connectivity index (χ3v) is 4.17. The molecule has 0 spiro atoms. The van der Waals surface area contributed by atoms with Gasteiger partial charge in [0.25, 0.3) is 0 Å². The fourth-order valence-electron chi connectivity index (χ4n) is 2.69. The van der Waals surface area contributed by atoms with E-state index in [9.17, 15) is 4.79 Å². The monoisotopic (exact) mass is 338 g/mol. The van der Waals surface area contributed by atoms with Crippen LogP contribution in [0.1, 0.15) is 23.6 Å². The summed E-state index contributed by atoms with van der Waals surface area (Å²) in [4.78, 5) is 12.5. The first-order valence-electron chi connectivity index (χ1n) is 7.86. The van der Waals surface area contributed by atoms with Crippen molar-refractivity contribution in [3.05, 3.63) is 89.2 Å². The summed E-state index contributed by atoms with van der Waals surface area (Å²) in [6, 6.07) is 19.4. The molecule has 0 bridgehead atoms. The molecule has 3 aromatic rings. The quantitative estimate of drug-likeness (QED) is 0.692. The molecule has 1 atom stereocenters. The van der Waals surface area contributed by atoms with Crippen LogP contribution in [0.3, 0.4) is 0 Å². The largest absolute Gasteiger partial charge is 0.346 e. The van der Waals surface area contributed by atoms with Crippen LogP contribution in [0.2, 0.25) is 5.02 Å². The van der Waals surface area contributed by atoms with E-state index in [4.69, 9.17) is 11.6 Å². The topological polar surface area (TPSA) is 34.0 Å². The number of hydrogen-bond acceptors (Lipinski definition) is 1. The number of rotatable bonds is 5. The van der Waals surface area contributed by atoms with Gasteiger partial charge in [0.2, 0.25) is 5.91 Å². The van der Waals surface area contributed by atoms with E-state index in [1.165, 1.54) is 5.56 Å². The molecule has 24 heavy (non-hydrogen) atoms. The molecular weight excluding hydrogens is 320 g/mol. The molecule has 0 radical (unpaired) electrons. The molecule has 0 saturated carbocycles. The lowest BCUT2D eigenvalue weighted by atomic mass is 10.0. The van der Waals surface area contributed by atoms with Crippen molar-refractivity contribution >= 4 is 23.2 Å². The van der Waals surface area contributed by atoms with Crippen LogP contribution < -0.4 is 5.32 Å². The minimum absolute atomic E-state index is 0.0419. The number of carbonyl (C=O) groups excluding carboxylic acids is 1. The van der Waals surface area contributed by atoms with Crippen molar-refractivity contribution in [1.29, 1.82) is 0 Å². The lowest BCUT2D eigenvalue weighted by molar-refractivity contribution is -0.116. The first-order chi connectivity index (χ1) is 11.6. The van der Waals surface area contributed by atoms with Gasteiger partial charge in [0.1, 0.15) is 0 Å².